The van der Waals surface area contributed by atoms with Crippen LogP contribution in [-0.2, 0) is 13.0 Å². The van der Waals surface area contributed by atoms with E-state index in [1.54, 1.807) is 0 Å². The Balaban J connectivity index is 2.67. The molecular weight excluding hydrogens is 303 g/mol. The fraction of sp³-hybridized carbons (Fsp3) is 0.545. The smallest absolute Gasteiger partial charge is 0.101 e. The number of aryl methyl sites for hydroxylation is 1. The molecule has 1 rings (SSSR count). The van der Waals surface area contributed by atoms with Gasteiger partial charge in [0.25, 0.3) is 0 Å². The van der Waals surface area contributed by atoms with Gasteiger partial charge < -0.3 is 10.4 Å². The minimum atomic E-state index is 0.181. The highest BCUT2D eigenvalue weighted by molar-refractivity contribution is 14.1. The zero-order chi connectivity index (χ0) is 11.1. The molecule has 0 radical (unpaired) electrons. The first-order chi connectivity index (χ1) is 7.27. The van der Waals surface area contributed by atoms with Crippen LogP contribution in [0.2, 0.25) is 0 Å². The molecule has 0 aliphatic carbocycles. The lowest BCUT2D eigenvalue weighted by molar-refractivity contribution is 0.292. The fourth-order valence-electron chi connectivity index (χ4n) is 1.42. The second kappa shape index (κ2) is 7.14. The predicted octanol–water partition coefficient (Wildman–Crippen LogP) is 1.72. The average molecular weight is 320 g/mol. The number of rotatable bonds is 6. The Hall–Kier alpha value is -0.200. The third-order valence-corrected chi connectivity index (χ3v) is 2.73. The largest absolute Gasteiger partial charge is 0.395 e. The Labute approximate surface area is 104 Å². The molecule has 0 saturated carbocycles. The molecule has 0 aromatic carbocycles. The summed E-state index contributed by atoms with van der Waals surface area (Å²) >= 11 is 2.24. The molecule has 1 heterocycles. The van der Waals surface area contributed by atoms with Crippen molar-refractivity contribution in [3.05, 3.63) is 27.1 Å². The van der Waals surface area contributed by atoms with Crippen LogP contribution in [0.1, 0.15) is 24.6 Å². The molecule has 84 valence electrons. The van der Waals surface area contributed by atoms with Crippen molar-refractivity contribution in [3.63, 3.8) is 0 Å². The van der Waals surface area contributed by atoms with Crippen molar-refractivity contribution in [2.45, 2.75) is 26.3 Å². The number of aliphatic hydroxyl groups excluding tert-OH is 1. The van der Waals surface area contributed by atoms with Gasteiger partial charge in [0.2, 0.25) is 0 Å². The van der Waals surface area contributed by atoms with Gasteiger partial charge in [0.1, 0.15) is 3.70 Å². The van der Waals surface area contributed by atoms with Gasteiger partial charge in [-0.3, -0.25) is 0 Å². The van der Waals surface area contributed by atoms with Crippen LogP contribution >= 0.6 is 22.6 Å². The van der Waals surface area contributed by atoms with Crippen molar-refractivity contribution in [1.82, 2.24) is 10.3 Å². The molecule has 0 aliphatic rings. The van der Waals surface area contributed by atoms with Crippen LogP contribution in [0.5, 0.6) is 0 Å². The number of aromatic nitrogens is 1. The molecule has 0 spiro atoms. The van der Waals surface area contributed by atoms with E-state index in [1.165, 1.54) is 11.3 Å². The second-order valence-electron chi connectivity index (χ2n) is 3.39. The monoisotopic (exact) mass is 320 g/mol. The van der Waals surface area contributed by atoms with E-state index in [1.807, 2.05) is 6.07 Å². The first-order valence-corrected chi connectivity index (χ1v) is 6.31. The summed E-state index contributed by atoms with van der Waals surface area (Å²) in [5, 5.41) is 11.9. The maximum atomic E-state index is 8.68. The number of nitrogens with zero attached hydrogens (tertiary/aromatic N) is 1. The highest BCUT2D eigenvalue weighted by Gasteiger charge is 2.03. The summed E-state index contributed by atoms with van der Waals surface area (Å²) in [6.45, 7) is 3.77. The first kappa shape index (κ1) is 12.9. The fourth-order valence-corrected chi connectivity index (χ4v) is 1.89. The molecule has 4 heteroatoms. The van der Waals surface area contributed by atoms with Gasteiger partial charge in [-0.1, -0.05) is 19.4 Å². The Morgan fingerprint density at radius 3 is 2.93 bits per heavy atom. The van der Waals surface area contributed by atoms with Gasteiger partial charge in [-0.2, -0.15) is 0 Å². The molecule has 0 aliphatic heterocycles. The molecule has 0 saturated heterocycles. The number of hydrogen-bond acceptors (Lipinski definition) is 3. The SMILES string of the molecule is CCCc1nc(I)ccc1CNCCO. The lowest BCUT2D eigenvalue weighted by Gasteiger charge is -2.09. The van der Waals surface area contributed by atoms with Crippen molar-refractivity contribution in [3.8, 4) is 0 Å². The molecule has 1 aromatic heterocycles. The molecule has 3 nitrogen and oxygen atoms in total. The average Bonchev–Trinajstić information content (AvgIpc) is 2.22. The normalized spacial score (nSPS) is 10.6. The standard InChI is InChI=1S/C11H17IN2O/c1-2-3-10-9(8-13-6-7-15)4-5-11(12)14-10/h4-5,13,15H,2-3,6-8H2,1H3. The zero-order valence-electron chi connectivity index (χ0n) is 8.96. The summed E-state index contributed by atoms with van der Waals surface area (Å²) in [4.78, 5) is 4.53. The van der Waals surface area contributed by atoms with Crippen LogP contribution in [0.4, 0.5) is 0 Å². The molecule has 0 atom stereocenters. The molecular formula is C11H17IN2O. The van der Waals surface area contributed by atoms with Crippen molar-refractivity contribution in [2.24, 2.45) is 0 Å². The third kappa shape index (κ3) is 4.44. The van der Waals surface area contributed by atoms with Gasteiger partial charge in [0.15, 0.2) is 0 Å². The highest BCUT2D eigenvalue weighted by atomic mass is 127. The quantitative estimate of drug-likeness (QED) is 0.477. The van der Waals surface area contributed by atoms with Gasteiger partial charge in [0.05, 0.1) is 6.61 Å². The molecule has 0 unspecified atom stereocenters. The van der Waals surface area contributed by atoms with Gasteiger partial charge in [-0.25, -0.2) is 4.98 Å². The molecule has 0 amide bonds. The van der Waals surface area contributed by atoms with Crippen LogP contribution < -0.4 is 5.32 Å². The minimum Gasteiger partial charge on any atom is -0.395 e. The van der Waals surface area contributed by atoms with E-state index < -0.39 is 0 Å². The van der Waals surface area contributed by atoms with E-state index in [4.69, 9.17) is 5.11 Å². The first-order valence-electron chi connectivity index (χ1n) is 5.23. The summed E-state index contributed by atoms with van der Waals surface area (Å²) in [6.07, 6.45) is 2.13. The van der Waals surface area contributed by atoms with E-state index >= 15 is 0 Å². The van der Waals surface area contributed by atoms with Crippen molar-refractivity contribution < 1.29 is 5.11 Å². The van der Waals surface area contributed by atoms with Crippen molar-refractivity contribution in [2.75, 3.05) is 13.2 Å². The van der Waals surface area contributed by atoms with Crippen LogP contribution in [-0.4, -0.2) is 23.2 Å². The van der Waals surface area contributed by atoms with Gasteiger partial charge in [-0.15, -0.1) is 0 Å². The summed E-state index contributed by atoms with van der Waals surface area (Å²) in [5.74, 6) is 0. The topological polar surface area (TPSA) is 45.2 Å². The Morgan fingerprint density at radius 1 is 1.47 bits per heavy atom. The zero-order valence-corrected chi connectivity index (χ0v) is 11.1. The predicted molar refractivity (Wildman–Crippen MR) is 69.7 cm³/mol. The van der Waals surface area contributed by atoms with Crippen LogP contribution in [0, 0.1) is 3.70 Å². The van der Waals surface area contributed by atoms with Crippen molar-refractivity contribution >= 4 is 22.6 Å². The van der Waals surface area contributed by atoms with Gasteiger partial charge in [0, 0.05) is 18.8 Å². The van der Waals surface area contributed by atoms with Crippen LogP contribution in [0.25, 0.3) is 0 Å². The Morgan fingerprint density at radius 2 is 2.27 bits per heavy atom. The van der Waals surface area contributed by atoms with Crippen molar-refractivity contribution in [1.29, 1.82) is 0 Å². The van der Waals surface area contributed by atoms with Crippen LogP contribution in [0.3, 0.4) is 0 Å². The lowest BCUT2D eigenvalue weighted by Crippen LogP contribution is -2.18. The van der Waals surface area contributed by atoms with E-state index in [0.717, 1.165) is 23.1 Å². The van der Waals surface area contributed by atoms with E-state index in [9.17, 15) is 0 Å². The van der Waals surface area contributed by atoms with Crippen LogP contribution in [0.15, 0.2) is 12.1 Å². The summed E-state index contributed by atoms with van der Waals surface area (Å²) in [6, 6.07) is 4.14. The molecule has 0 fully saturated rings. The third-order valence-electron chi connectivity index (χ3n) is 2.13. The summed E-state index contributed by atoms with van der Waals surface area (Å²) in [7, 11) is 0. The Bertz CT molecular complexity index is 305. The maximum absolute atomic E-state index is 8.68. The number of pyridine rings is 1. The number of nitrogens with one attached hydrogen (secondary N) is 1. The summed E-state index contributed by atoms with van der Waals surface area (Å²) < 4.78 is 1.04. The number of hydrogen-bond donors (Lipinski definition) is 2. The molecule has 0 bridgehead atoms. The Kier molecular flexibility index (Phi) is 6.12. The second-order valence-corrected chi connectivity index (χ2v) is 4.50. The maximum Gasteiger partial charge on any atom is 0.101 e. The molecule has 1 aromatic rings. The number of halogens is 1. The lowest BCUT2D eigenvalue weighted by atomic mass is 10.1. The van der Waals surface area contributed by atoms with E-state index in [2.05, 4.69) is 45.9 Å². The summed E-state index contributed by atoms with van der Waals surface area (Å²) in [5.41, 5.74) is 2.42. The minimum absolute atomic E-state index is 0.181. The van der Waals surface area contributed by atoms with Gasteiger partial charge >= 0.3 is 0 Å². The number of aliphatic hydroxyl groups is 1. The molecule has 2 N–H and O–H groups in total. The van der Waals surface area contributed by atoms with E-state index in [-0.39, 0.29) is 6.61 Å². The molecule has 15 heavy (non-hydrogen) atoms. The van der Waals surface area contributed by atoms with Gasteiger partial charge in [-0.05, 0) is 40.6 Å². The highest BCUT2D eigenvalue weighted by Crippen LogP contribution is 2.11. The van der Waals surface area contributed by atoms with E-state index in [0.29, 0.717) is 6.54 Å².